The molecule has 4 heterocycles. The third-order valence-electron chi connectivity index (χ3n) is 5.16. The summed E-state index contributed by atoms with van der Waals surface area (Å²) < 4.78 is 49.9. The summed E-state index contributed by atoms with van der Waals surface area (Å²) in [5.74, 6) is 3.21. The number of carbonyl (C=O) groups is 1. The van der Waals surface area contributed by atoms with Crippen LogP contribution in [0.2, 0.25) is 0 Å². The van der Waals surface area contributed by atoms with Gasteiger partial charge in [-0.25, -0.2) is 9.97 Å². The van der Waals surface area contributed by atoms with Crippen LogP contribution < -0.4 is 15.2 Å². The van der Waals surface area contributed by atoms with Crippen LogP contribution in [0.25, 0.3) is 11.2 Å². The highest BCUT2D eigenvalue weighted by Gasteiger charge is 2.34. The normalized spacial score (nSPS) is 15.4. The molecule has 0 spiro atoms. The molecule has 1 aliphatic rings. The average Bonchev–Trinajstić information content (AvgIpc) is 3.11. The minimum Gasteiger partial charge on any atom is -0.478 e. The second-order valence-electron chi connectivity index (χ2n) is 7.61. The number of imidazole rings is 1. The van der Waals surface area contributed by atoms with Gasteiger partial charge in [-0.3, -0.25) is 4.79 Å². The topological polar surface area (TPSA) is 105 Å². The smallest absolute Gasteiger partial charge is 0.422 e. The van der Waals surface area contributed by atoms with Crippen molar-refractivity contribution >= 4 is 29.3 Å². The van der Waals surface area contributed by atoms with E-state index in [0.29, 0.717) is 5.65 Å². The Morgan fingerprint density at radius 1 is 1.24 bits per heavy atom. The molecular formula is C21H24F3N5O3S. The van der Waals surface area contributed by atoms with E-state index in [-0.39, 0.29) is 29.3 Å². The molecule has 0 aromatic carbocycles. The lowest BCUT2D eigenvalue weighted by molar-refractivity contribution is -0.153. The highest BCUT2D eigenvalue weighted by Crippen LogP contribution is 2.38. The maximum absolute atomic E-state index is 12.5. The van der Waals surface area contributed by atoms with E-state index in [1.807, 2.05) is 23.4 Å². The second-order valence-corrected chi connectivity index (χ2v) is 8.83. The highest BCUT2D eigenvalue weighted by molar-refractivity contribution is 7.99. The summed E-state index contributed by atoms with van der Waals surface area (Å²) in [6, 6.07) is 6.27. The number of rotatable bonds is 5. The number of alkyl halides is 3. The number of nitrogens with two attached hydrogens (primary N) is 1. The van der Waals surface area contributed by atoms with Crippen molar-refractivity contribution in [2.45, 2.75) is 31.4 Å². The zero-order chi connectivity index (χ0) is 24.1. The van der Waals surface area contributed by atoms with E-state index in [0.717, 1.165) is 35.7 Å². The van der Waals surface area contributed by atoms with Crippen LogP contribution in [0.1, 0.15) is 25.6 Å². The maximum atomic E-state index is 12.5. The van der Waals surface area contributed by atoms with E-state index >= 15 is 0 Å². The number of hydrogen-bond acceptors (Lipinski definition) is 7. The summed E-state index contributed by atoms with van der Waals surface area (Å²) >= 11 is 1.95. The number of aromatic nitrogens is 4. The van der Waals surface area contributed by atoms with E-state index < -0.39 is 12.8 Å². The quantitative estimate of drug-likeness (QED) is 0.547. The molecule has 33 heavy (non-hydrogen) atoms. The third kappa shape index (κ3) is 6.06. The first kappa shape index (κ1) is 24.6. The highest BCUT2D eigenvalue weighted by atomic mass is 32.2. The molecule has 0 bridgehead atoms. The molecule has 1 fully saturated rings. The van der Waals surface area contributed by atoms with Crippen LogP contribution >= 0.6 is 11.8 Å². The van der Waals surface area contributed by atoms with Crippen molar-refractivity contribution in [1.29, 1.82) is 0 Å². The Kier molecular flexibility index (Phi) is 7.67. The van der Waals surface area contributed by atoms with Gasteiger partial charge in [0.05, 0.1) is 0 Å². The molecule has 3 aromatic heterocycles. The molecule has 0 radical (unpaired) electrons. The maximum Gasteiger partial charge on any atom is 0.422 e. The molecule has 0 unspecified atom stereocenters. The number of aryl methyl sites for hydroxylation is 1. The molecule has 1 saturated heterocycles. The SMILES string of the molecule is Cn1c(C2(C)CCSCC2)nc2ccc(Oc3ncccc3OCC(F)(F)F)nc21.NC=O. The van der Waals surface area contributed by atoms with Gasteiger partial charge in [-0.1, -0.05) is 6.92 Å². The molecule has 4 rings (SSSR count). The first-order valence-corrected chi connectivity index (χ1v) is 11.2. The second kappa shape index (κ2) is 10.3. The summed E-state index contributed by atoms with van der Waals surface area (Å²) in [5.41, 5.74) is 5.55. The fraction of sp³-hybridized carbons (Fsp3) is 0.429. The van der Waals surface area contributed by atoms with E-state index in [1.54, 1.807) is 12.1 Å². The van der Waals surface area contributed by atoms with Gasteiger partial charge in [-0.2, -0.15) is 29.9 Å². The summed E-state index contributed by atoms with van der Waals surface area (Å²) in [7, 11) is 1.92. The number of primary amides is 1. The van der Waals surface area contributed by atoms with Gasteiger partial charge in [0.1, 0.15) is 11.3 Å². The largest absolute Gasteiger partial charge is 0.478 e. The fourth-order valence-corrected chi connectivity index (χ4v) is 4.90. The van der Waals surface area contributed by atoms with E-state index in [4.69, 9.17) is 19.3 Å². The van der Waals surface area contributed by atoms with Gasteiger partial charge in [-0.05, 0) is 42.5 Å². The number of nitrogens with zero attached hydrogens (tertiary/aromatic N) is 4. The van der Waals surface area contributed by atoms with Crippen LogP contribution in [0.15, 0.2) is 30.5 Å². The molecule has 8 nitrogen and oxygen atoms in total. The number of thioether (sulfide) groups is 1. The van der Waals surface area contributed by atoms with Crippen molar-refractivity contribution < 1.29 is 27.4 Å². The Morgan fingerprint density at radius 2 is 1.94 bits per heavy atom. The molecule has 12 heteroatoms. The van der Waals surface area contributed by atoms with Crippen LogP contribution in [-0.4, -0.2) is 50.2 Å². The van der Waals surface area contributed by atoms with Crippen molar-refractivity contribution in [3.8, 4) is 17.5 Å². The average molecular weight is 484 g/mol. The number of fused-ring (bicyclic) bond motifs is 1. The van der Waals surface area contributed by atoms with Crippen molar-refractivity contribution in [3.05, 3.63) is 36.3 Å². The minimum atomic E-state index is -4.46. The number of ether oxygens (including phenoxy) is 2. The Hall–Kier alpha value is -3.02. The number of carbonyl (C=O) groups excluding carboxylic acids is 1. The van der Waals surface area contributed by atoms with Gasteiger partial charge in [0.25, 0.3) is 5.88 Å². The Bertz CT molecular complexity index is 1100. The van der Waals surface area contributed by atoms with Gasteiger partial charge in [0.2, 0.25) is 12.3 Å². The van der Waals surface area contributed by atoms with E-state index in [9.17, 15) is 13.2 Å². The lowest BCUT2D eigenvalue weighted by atomic mass is 9.83. The van der Waals surface area contributed by atoms with Crippen molar-refractivity contribution in [1.82, 2.24) is 19.5 Å². The third-order valence-corrected chi connectivity index (χ3v) is 6.14. The fourth-order valence-electron chi connectivity index (χ4n) is 3.51. The molecule has 3 aromatic rings. The van der Waals surface area contributed by atoms with Crippen molar-refractivity contribution in [3.63, 3.8) is 0 Å². The van der Waals surface area contributed by atoms with Gasteiger partial charge < -0.3 is 19.8 Å². The van der Waals surface area contributed by atoms with Gasteiger partial charge in [0.15, 0.2) is 18.0 Å². The van der Waals surface area contributed by atoms with Crippen molar-refractivity contribution in [2.75, 3.05) is 18.1 Å². The van der Waals surface area contributed by atoms with Crippen molar-refractivity contribution in [2.24, 2.45) is 12.8 Å². The predicted molar refractivity (Wildman–Crippen MR) is 119 cm³/mol. The van der Waals surface area contributed by atoms with Crippen LogP contribution in [0.3, 0.4) is 0 Å². The summed E-state index contributed by atoms with van der Waals surface area (Å²) in [6.07, 6.45) is -0.695. The molecule has 0 aliphatic carbocycles. The van der Waals surface area contributed by atoms with Gasteiger partial charge in [0, 0.05) is 24.7 Å². The first-order valence-electron chi connectivity index (χ1n) is 10.1. The summed E-state index contributed by atoms with van der Waals surface area (Å²) in [4.78, 5) is 21.9. The molecular weight excluding hydrogens is 459 g/mol. The monoisotopic (exact) mass is 483 g/mol. The van der Waals surface area contributed by atoms with E-state index in [1.165, 1.54) is 18.3 Å². The van der Waals surface area contributed by atoms with Crippen LogP contribution in [-0.2, 0) is 17.3 Å². The van der Waals surface area contributed by atoms with Crippen LogP contribution in [0, 0.1) is 0 Å². The standard InChI is InChI=1S/C20H21F3N4O2S.CH3NO/c1-19(7-10-30-11-8-19)18-25-13-5-6-15(26-16(13)27(18)2)29-17-14(4-3-9-24-17)28-12-20(21,22)23;2-1-3/h3-6,9H,7-8,10-12H2,1-2H3;1H,(H2,2,3). The van der Waals surface area contributed by atoms with Crippen LogP contribution in [0.5, 0.6) is 17.5 Å². The molecule has 2 N–H and O–H groups in total. The minimum absolute atomic E-state index is 0.0126. The lowest BCUT2D eigenvalue weighted by Crippen LogP contribution is -2.30. The number of hydrogen-bond donors (Lipinski definition) is 1. The number of halogens is 3. The number of amides is 1. The zero-order valence-electron chi connectivity index (χ0n) is 18.1. The predicted octanol–water partition coefficient (Wildman–Crippen LogP) is 3.98. The van der Waals surface area contributed by atoms with E-state index in [2.05, 4.69) is 22.6 Å². The zero-order valence-corrected chi connectivity index (χ0v) is 18.9. The molecule has 178 valence electrons. The summed E-state index contributed by atoms with van der Waals surface area (Å²) in [6.45, 7) is 0.799. The van der Waals surface area contributed by atoms with Gasteiger partial charge >= 0.3 is 6.18 Å². The Balaban J connectivity index is 0.000000968. The molecule has 1 aliphatic heterocycles. The molecule has 0 saturated carbocycles. The van der Waals surface area contributed by atoms with Crippen LogP contribution in [0.4, 0.5) is 13.2 Å². The Labute approximate surface area is 192 Å². The Morgan fingerprint density at radius 3 is 2.61 bits per heavy atom. The number of pyridine rings is 2. The molecule has 1 amide bonds. The lowest BCUT2D eigenvalue weighted by Gasteiger charge is -2.32. The summed E-state index contributed by atoms with van der Waals surface area (Å²) in [5, 5.41) is 0. The van der Waals surface area contributed by atoms with Gasteiger partial charge in [-0.15, -0.1) is 0 Å². The molecule has 0 atom stereocenters. The first-order chi connectivity index (χ1) is 15.7.